The van der Waals surface area contributed by atoms with Crippen molar-refractivity contribution in [3.63, 3.8) is 0 Å². The second-order valence-electron chi connectivity index (χ2n) is 7.40. The highest BCUT2D eigenvalue weighted by molar-refractivity contribution is 5.88. The Kier molecular flexibility index (Phi) is 4.93. The average Bonchev–Trinajstić information content (AvgIpc) is 2.73. The van der Waals surface area contributed by atoms with Crippen LogP contribution in [0.5, 0.6) is 5.75 Å². The molecule has 2 aliphatic heterocycles. The summed E-state index contributed by atoms with van der Waals surface area (Å²) in [4.78, 5) is 13.2. The molecule has 2 aliphatic rings. The van der Waals surface area contributed by atoms with Gasteiger partial charge >= 0.3 is 0 Å². The van der Waals surface area contributed by atoms with Gasteiger partial charge in [0.1, 0.15) is 5.75 Å². The number of fused-ring (bicyclic) bond motifs is 1. The third kappa shape index (κ3) is 3.34. The Labute approximate surface area is 155 Å². The first-order valence-electron chi connectivity index (χ1n) is 9.53. The first-order valence-corrected chi connectivity index (χ1v) is 9.53. The molecule has 0 spiro atoms. The second kappa shape index (κ2) is 7.50. The van der Waals surface area contributed by atoms with E-state index in [1.807, 2.05) is 36.4 Å². The number of hydrogen-bond acceptors (Lipinski definition) is 3. The lowest BCUT2D eigenvalue weighted by atomic mass is 9.72. The number of nitrogens with one attached hydrogen (secondary N) is 2. The number of benzene rings is 2. The molecule has 2 aromatic rings. The molecule has 2 aromatic carbocycles. The summed E-state index contributed by atoms with van der Waals surface area (Å²) in [7, 11) is 0. The molecule has 2 heterocycles. The summed E-state index contributed by atoms with van der Waals surface area (Å²) in [5, 5.41) is 6.63. The number of amides is 1. The van der Waals surface area contributed by atoms with Crippen LogP contribution < -0.4 is 15.4 Å². The van der Waals surface area contributed by atoms with Crippen LogP contribution in [0.1, 0.15) is 24.0 Å². The number of para-hydroxylation sites is 1. The number of carbonyl (C=O) groups excluding carboxylic acids is 1. The summed E-state index contributed by atoms with van der Waals surface area (Å²) in [6, 6.07) is 18.4. The van der Waals surface area contributed by atoms with Crippen LogP contribution in [0, 0.1) is 5.92 Å². The summed E-state index contributed by atoms with van der Waals surface area (Å²) < 4.78 is 5.86. The van der Waals surface area contributed by atoms with E-state index in [1.165, 1.54) is 5.56 Å². The minimum Gasteiger partial charge on any atom is -0.493 e. The van der Waals surface area contributed by atoms with Crippen molar-refractivity contribution in [2.75, 3.05) is 26.2 Å². The largest absolute Gasteiger partial charge is 0.493 e. The van der Waals surface area contributed by atoms with E-state index in [1.54, 1.807) is 0 Å². The van der Waals surface area contributed by atoms with Crippen molar-refractivity contribution in [2.24, 2.45) is 5.92 Å². The van der Waals surface area contributed by atoms with Crippen LogP contribution in [0.25, 0.3) is 0 Å². The molecule has 4 heteroatoms. The summed E-state index contributed by atoms with van der Waals surface area (Å²) >= 11 is 0. The molecule has 26 heavy (non-hydrogen) atoms. The quantitative estimate of drug-likeness (QED) is 0.891. The van der Waals surface area contributed by atoms with Crippen molar-refractivity contribution in [3.8, 4) is 5.75 Å². The molecule has 0 saturated carbocycles. The van der Waals surface area contributed by atoms with Gasteiger partial charge in [-0.25, -0.2) is 0 Å². The lowest BCUT2D eigenvalue weighted by Gasteiger charge is -2.37. The zero-order chi connectivity index (χ0) is 17.8. The van der Waals surface area contributed by atoms with E-state index in [2.05, 4.69) is 28.8 Å². The van der Waals surface area contributed by atoms with Crippen LogP contribution in [0.2, 0.25) is 0 Å². The van der Waals surface area contributed by atoms with Crippen LogP contribution in [0.4, 0.5) is 0 Å². The summed E-state index contributed by atoms with van der Waals surface area (Å²) in [6.45, 7) is 3.08. The van der Waals surface area contributed by atoms with Crippen LogP contribution in [0.15, 0.2) is 54.6 Å². The third-order valence-electron chi connectivity index (χ3n) is 5.73. The van der Waals surface area contributed by atoms with Gasteiger partial charge in [-0.05, 0) is 49.5 Å². The predicted molar refractivity (Wildman–Crippen MR) is 102 cm³/mol. The maximum Gasteiger partial charge on any atom is 0.230 e. The normalized spacial score (nSPS) is 21.3. The number of rotatable bonds is 4. The SMILES string of the molecule is O=C(NC[C@H]1COc2ccccc2C1)C1(c2ccccc2)CCNCC1. The Balaban J connectivity index is 1.45. The van der Waals surface area contributed by atoms with Gasteiger partial charge in [-0.1, -0.05) is 48.5 Å². The molecule has 1 fully saturated rings. The highest BCUT2D eigenvalue weighted by Crippen LogP contribution is 2.34. The molecule has 1 atom stereocenters. The molecule has 0 aromatic heterocycles. The zero-order valence-corrected chi connectivity index (χ0v) is 15.0. The van der Waals surface area contributed by atoms with E-state index in [0.29, 0.717) is 19.1 Å². The Morgan fingerprint density at radius 2 is 1.81 bits per heavy atom. The van der Waals surface area contributed by atoms with Crippen LogP contribution in [-0.4, -0.2) is 32.1 Å². The molecule has 0 unspecified atom stereocenters. The fourth-order valence-electron chi connectivity index (χ4n) is 4.19. The molecule has 2 N–H and O–H groups in total. The first-order chi connectivity index (χ1) is 12.8. The maximum absolute atomic E-state index is 13.2. The summed E-state index contributed by atoms with van der Waals surface area (Å²) in [5.74, 6) is 1.46. The molecule has 4 rings (SSSR count). The minimum atomic E-state index is -0.417. The van der Waals surface area contributed by atoms with Crippen molar-refractivity contribution in [1.82, 2.24) is 10.6 Å². The highest BCUT2D eigenvalue weighted by atomic mass is 16.5. The van der Waals surface area contributed by atoms with Gasteiger partial charge in [0.2, 0.25) is 5.91 Å². The first kappa shape index (κ1) is 17.1. The zero-order valence-electron chi connectivity index (χ0n) is 15.0. The average molecular weight is 350 g/mol. The van der Waals surface area contributed by atoms with E-state index in [0.717, 1.165) is 43.7 Å². The predicted octanol–water partition coefficient (Wildman–Crippen LogP) is 2.68. The molecule has 0 aliphatic carbocycles. The van der Waals surface area contributed by atoms with Crippen LogP contribution >= 0.6 is 0 Å². The van der Waals surface area contributed by atoms with Gasteiger partial charge in [-0.3, -0.25) is 4.79 Å². The smallest absolute Gasteiger partial charge is 0.230 e. The fourth-order valence-corrected chi connectivity index (χ4v) is 4.19. The van der Waals surface area contributed by atoms with Crippen molar-refractivity contribution < 1.29 is 9.53 Å². The van der Waals surface area contributed by atoms with Gasteiger partial charge in [-0.15, -0.1) is 0 Å². The molecule has 1 saturated heterocycles. The van der Waals surface area contributed by atoms with E-state index >= 15 is 0 Å². The van der Waals surface area contributed by atoms with Crippen molar-refractivity contribution in [3.05, 3.63) is 65.7 Å². The van der Waals surface area contributed by atoms with Crippen molar-refractivity contribution in [2.45, 2.75) is 24.7 Å². The Morgan fingerprint density at radius 3 is 2.62 bits per heavy atom. The van der Waals surface area contributed by atoms with E-state index in [-0.39, 0.29) is 5.91 Å². The molecule has 4 nitrogen and oxygen atoms in total. The Hall–Kier alpha value is -2.33. The van der Waals surface area contributed by atoms with Gasteiger partial charge < -0.3 is 15.4 Å². The Morgan fingerprint density at radius 1 is 1.08 bits per heavy atom. The standard InChI is InChI=1S/C22H26N2O2/c25-21(22(10-12-23-13-11-22)19-7-2-1-3-8-19)24-15-17-14-18-6-4-5-9-20(18)26-16-17/h1-9,17,23H,10-16H2,(H,24,25)/t17-/m0/s1. The van der Waals surface area contributed by atoms with E-state index in [4.69, 9.17) is 4.74 Å². The number of hydrogen-bond donors (Lipinski definition) is 2. The highest BCUT2D eigenvalue weighted by Gasteiger charge is 2.41. The number of piperidine rings is 1. The lowest BCUT2D eigenvalue weighted by Crippen LogP contribution is -2.52. The topological polar surface area (TPSA) is 50.4 Å². The molecule has 1 amide bonds. The van der Waals surface area contributed by atoms with Gasteiger partial charge in [0.05, 0.1) is 12.0 Å². The van der Waals surface area contributed by atoms with Gasteiger partial charge in [0.25, 0.3) is 0 Å². The van der Waals surface area contributed by atoms with Gasteiger partial charge in [0, 0.05) is 12.5 Å². The number of ether oxygens (including phenoxy) is 1. The molecule has 0 radical (unpaired) electrons. The number of carbonyl (C=O) groups is 1. The second-order valence-corrected chi connectivity index (χ2v) is 7.40. The van der Waals surface area contributed by atoms with E-state index < -0.39 is 5.41 Å². The maximum atomic E-state index is 13.2. The van der Waals surface area contributed by atoms with Gasteiger partial charge in [0.15, 0.2) is 0 Å². The molecule has 136 valence electrons. The van der Waals surface area contributed by atoms with Crippen molar-refractivity contribution in [1.29, 1.82) is 0 Å². The van der Waals surface area contributed by atoms with Gasteiger partial charge in [-0.2, -0.15) is 0 Å². The minimum absolute atomic E-state index is 0.157. The molecular weight excluding hydrogens is 324 g/mol. The van der Waals surface area contributed by atoms with Crippen LogP contribution in [-0.2, 0) is 16.6 Å². The monoisotopic (exact) mass is 350 g/mol. The molecular formula is C22H26N2O2. The summed E-state index contributed by atoms with van der Waals surface area (Å²) in [6.07, 6.45) is 2.63. The van der Waals surface area contributed by atoms with Crippen LogP contribution in [0.3, 0.4) is 0 Å². The Bertz CT molecular complexity index is 754. The third-order valence-corrected chi connectivity index (χ3v) is 5.73. The molecule has 0 bridgehead atoms. The fraction of sp³-hybridized carbons (Fsp3) is 0.409. The lowest BCUT2D eigenvalue weighted by molar-refractivity contribution is -0.128. The van der Waals surface area contributed by atoms with Crippen molar-refractivity contribution >= 4 is 5.91 Å². The summed E-state index contributed by atoms with van der Waals surface area (Å²) in [5.41, 5.74) is 1.95. The van der Waals surface area contributed by atoms with E-state index in [9.17, 15) is 4.79 Å².